The van der Waals surface area contributed by atoms with E-state index >= 15 is 0 Å². The van der Waals surface area contributed by atoms with E-state index in [0.717, 1.165) is 29.7 Å². The molecule has 1 fully saturated rings. The van der Waals surface area contributed by atoms with Crippen LogP contribution in [0, 0.1) is 12.7 Å². The second-order valence-electron chi connectivity index (χ2n) is 5.75. The van der Waals surface area contributed by atoms with E-state index in [1.54, 1.807) is 18.4 Å². The average molecular weight is 289 g/mol. The quantitative estimate of drug-likeness (QED) is 0.885. The number of halogens is 1. The van der Waals surface area contributed by atoms with Gasteiger partial charge in [0.25, 0.3) is 0 Å². The van der Waals surface area contributed by atoms with Crippen molar-refractivity contribution in [3.63, 3.8) is 0 Å². The molecule has 1 aromatic heterocycles. The van der Waals surface area contributed by atoms with E-state index in [9.17, 15) is 9.50 Å². The maximum absolute atomic E-state index is 12.9. The summed E-state index contributed by atoms with van der Waals surface area (Å²) in [5, 5.41) is 10.4. The number of hydrogen-bond donors (Lipinski definition) is 1. The first-order chi connectivity index (χ1) is 10.1. The van der Waals surface area contributed by atoms with E-state index in [1.165, 1.54) is 12.1 Å². The number of nitrogens with zero attached hydrogens (tertiary/aromatic N) is 1. The minimum absolute atomic E-state index is 0.281. The molecule has 0 bridgehead atoms. The molecule has 1 saturated carbocycles. The molecule has 1 aliphatic carbocycles. The third-order valence-electron chi connectivity index (χ3n) is 4.04. The Hall–Kier alpha value is -1.65. The van der Waals surface area contributed by atoms with Crippen molar-refractivity contribution < 1.29 is 13.9 Å². The zero-order chi connectivity index (χ0) is 14.8. The van der Waals surface area contributed by atoms with E-state index < -0.39 is 6.10 Å². The van der Waals surface area contributed by atoms with Gasteiger partial charge >= 0.3 is 0 Å². The molecule has 0 amide bonds. The Morgan fingerprint density at radius 3 is 2.57 bits per heavy atom. The average Bonchev–Trinajstić information content (AvgIpc) is 3.24. The van der Waals surface area contributed by atoms with Crippen molar-refractivity contribution in [3.05, 3.63) is 59.3 Å². The highest BCUT2D eigenvalue weighted by Crippen LogP contribution is 2.31. The molecule has 0 radical (unpaired) electrons. The maximum atomic E-state index is 12.9. The maximum Gasteiger partial charge on any atom is 0.123 e. The molecular formula is C17H20FNO2. The fraction of sp³-hybridized carbons (Fsp3) is 0.412. The first kappa shape index (κ1) is 14.3. The minimum atomic E-state index is -0.610. The number of benzene rings is 1. The van der Waals surface area contributed by atoms with Crippen LogP contribution in [0.3, 0.4) is 0 Å². The molecule has 1 heterocycles. The van der Waals surface area contributed by atoms with Gasteiger partial charge in [0.15, 0.2) is 0 Å². The minimum Gasteiger partial charge on any atom is -0.468 e. The molecule has 3 rings (SSSR count). The number of aryl methyl sites for hydroxylation is 1. The number of hydrogen-bond acceptors (Lipinski definition) is 3. The second kappa shape index (κ2) is 6.00. The van der Waals surface area contributed by atoms with Gasteiger partial charge in [-0.15, -0.1) is 0 Å². The highest BCUT2D eigenvalue weighted by atomic mass is 19.1. The lowest BCUT2D eigenvalue weighted by molar-refractivity contribution is 0.0998. The fourth-order valence-electron chi connectivity index (χ4n) is 2.55. The van der Waals surface area contributed by atoms with Gasteiger partial charge in [0.05, 0.1) is 18.9 Å². The van der Waals surface area contributed by atoms with Crippen LogP contribution in [0.1, 0.15) is 35.8 Å². The zero-order valence-corrected chi connectivity index (χ0v) is 12.1. The Morgan fingerprint density at radius 2 is 2.00 bits per heavy atom. The molecule has 1 N–H and O–H groups in total. The van der Waals surface area contributed by atoms with Gasteiger partial charge in [-0.2, -0.15) is 0 Å². The summed E-state index contributed by atoms with van der Waals surface area (Å²) >= 11 is 0. The van der Waals surface area contributed by atoms with Crippen LogP contribution in [-0.2, 0) is 6.54 Å². The summed E-state index contributed by atoms with van der Waals surface area (Å²) in [5.74, 6) is 0.671. The van der Waals surface area contributed by atoms with Crippen LogP contribution in [0.2, 0.25) is 0 Å². The van der Waals surface area contributed by atoms with Gasteiger partial charge in [0.2, 0.25) is 0 Å². The van der Waals surface area contributed by atoms with E-state index in [1.807, 2.05) is 13.0 Å². The van der Waals surface area contributed by atoms with Crippen molar-refractivity contribution in [1.82, 2.24) is 4.90 Å². The highest BCUT2D eigenvalue weighted by molar-refractivity contribution is 5.19. The van der Waals surface area contributed by atoms with Gasteiger partial charge in [-0.05, 0) is 49.1 Å². The predicted octanol–water partition coefficient (Wildman–Crippen LogP) is 3.43. The summed E-state index contributed by atoms with van der Waals surface area (Å²) in [4.78, 5) is 2.25. The normalized spacial score (nSPS) is 16.4. The molecule has 0 aliphatic heterocycles. The van der Waals surface area contributed by atoms with Crippen LogP contribution in [0.15, 0.2) is 41.0 Å². The highest BCUT2D eigenvalue weighted by Gasteiger charge is 2.31. The van der Waals surface area contributed by atoms with Crippen molar-refractivity contribution in [3.8, 4) is 0 Å². The molecule has 0 spiro atoms. The largest absolute Gasteiger partial charge is 0.468 e. The van der Waals surface area contributed by atoms with Gasteiger partial charge < -0.3 is 9.52 Å². The SMILES string of the molecule is Cc1ccoc1CN(CC(O)c1ccc(F)cc1)C1CC1. The molecule has 2 aromatic rings. The molecule has 1 unspecified atom stereocenters. The predicted molar refractivity (Wildman–Crippen MR) is 78.2 cm³/mol. The molecule has 112 valence electrons. The van der Waals surface area contributed by atoms with Crippen LogP contribution < -0.4 is 0 Å². The standard InChI is InChI=1S/C17H20FNO2/c1-12-8-9-21-17(12)11-19(15-6-7-15)10-16(20)13-2-4-14(18)5-3-13/h2-5,8-9,15-16,20H,6-7,10-11H2,1H3. The Kier molecular flexibility index (Phi) is 4.08. The molecule has 21 heavy (non-hydrogen) atoms. The molecule has 1 aromatic carbocycles. The summed E-state index contributed by atoms with van der Waals surface area (Å²) in [5.41, 5.74) is 1.88. The molecular weight excluding hydrogens is 269 g/mol. The van der Waals surface area contributed by atoms with E-state index in [-0.39, 0.29) is 5.82 Å². The van der Waals surface area contributed by atoms with Gasteiger partial charge in [-0.25, -0.2) is 4.39 Å². The molecule has 4 heteroatoms. The summed E-state index contributed by atoms with van der Waals surface area (Å²) in [6.45, 7) is 3.28. The van der Waals surface area contributed by atoms with E-state index in [2.05, 4.69) is 4.90 Å². The summed E-state index contributed by atoms with van der Waals surface area (Å²) < 4.78 is 18.4. The van der Waals surface area contributed by atoms with Crippen molar-refractivity contribution in [1.29, 1.82) is 0 Å². The first-order valence-corrected chi connectivity index (χ1v) is 7.34. The lowest BCUT2D eigenvalue weighted by Crippen LogP contribution is -2.30. The number of aliphatic hydroxyl groups excluding tert-OH is 1. The lowest BCUT2D eigenvalue weighted by atomic mass is 10.1. The van der Waals surface area contributed by atoms with Crippen LogP contribution in [-0.4, -0.2) is 22.6 Å². The topological polar surface area (TPSA) is 36.6 Å². The van der Waals surface area contributed by atoms with E-state index in [0.29, 0.717) is 19.1 Å². The van der Waals surface area contributed by atoms with Crippen LogP contribution in [0.5, 0.6) is 0 Å². The van der Waals surface area contributed by atoms with Crippen molar-refractivity contribution in [2.24, 2.45) is 0 Å². The summed E-state index contributed by atoms with van der Waals surface area (Å²) in [7, 11) is 0. The summed E-state index contributed by atoms with van der Waals surface area (Å²) in [6, 6.07) is 8.53. The second-order valence-corrected chi connectivity index (χ2v) is 5.75. The lowest BCUT2D eigenvalue weighted by Gasteiger charge is -2.24. The van der Waals surface area contributed by atoms with E-state index in [4.69, 9.17) is 4.42 Å². The van der Waals surface area contributed by atoms with Gasteiger partial charge in [-0.1, -0.05) is 12.1 Å². The Bertz CT molecular complexity index is 589. The van der Waals surface area contributed by atoms with Crippen LogP contribution in [0.25, 0.3) is 0 Å². The third-order valence-corrected chi connectivity index (χ3v) is 4.04. The number of rotatable bonds is 6. The number of aliphatic hydroxyl groups is 1. The van der Waals surface area contributed by atoms with Crippen molar-refractivity contribution in [2.45, 2.75) is 38.5 Å². The Labute approximate surface area is 124 Å². The zero-order valence-electron chi connectivity index (χ0n) is 12.1. The molecule has 0 saturated heterocycles. The van der Waals surface area contributed by atoms with Crippen molar-refractivity contribution in [2.75, 3.05) is 6.54 Å². The molecule has 1 atom stereocenters. The Morgan fingerprint density at radius 1 is 1.29 bits per heavy atom. The van der Waals surface area contributed by atoms with Gasteiger partial charge in [-0.3, -0.25) is 4.90 Å². The van der Waals surface area contributed by atoms with Gasteiger partial charge in [0, 0.05) is 12.6 Å². The van der Waals surface area contributed by atoms with Crippen LogP contribution >= 0.6 is 0 Å². The number of furan rings is 1. The van der Waals surface area contributed by atoms with Crippen molar-refractivity contribution >= 4 is 0 Å². The molecule has 3 nitrogen and oxygen atoms in total. The monoisotopic (exact) mass is 289 g/mol. The third kappa shape index (κ3) is 3.52. The summed E-state index contributed by atoms with van der Waals surface area (Å²) in [6.07, 6.45) is 3.42. The van der Waals surface area contributed by atoms with Gasteiger partial charge in [0.1, 0.15) is 11.6 Å². The Balaban J connectivity index is 1.67. The first-order valence-electron chi connectivity index (χ1n) is 7.34. The molecule has 1 aliphatic rings. The smallest absolute Gasteiger partial charge is 0.123 e. The van der Waals surface area contributed by atoms with Crippen LogP contribution in [0.4, 0.5) is 4.39 Å². The fourth-order valence-corrected chi connectivity index (χ4v) is 2.55.